The van der Waals surface area contributed by atoms with Gasteiger partial charge >= 0.3 is 0 Å². The summed E-state index contributed by atoms with van der Waals surface area (Å²) in [4.78, 5) is 16.4. The molecule has 3 N–H and O–H groups in total. The molecule has 0 aliphatic carbocycles. The van der Waals surface area contributed by atoms with Crippen LogP contribution in [0, 0.1) is 5.92 Å². The molecular weight excluding hydrogens is 270 g/mol. The lowest BCUT2D eigenvalue weighted by Gasteiger charge is -2.16. The average Bonchev–Trinajstić information content (AvgIpc) is 2.90. The van der Waals surface area contributed by atoms with Gasteiger partial charge in [-0.3, -0.25) is 4.79 Å². The number of nitrogens with zero attached hydrogens (tertiary/aromatic N) is 1. The van der Waals surface area contributed by atoms with Gasteiger partial charge in [0.15, 0.2) is 0 Å². The van der Waals surface area contributed by atoms with Gasteiger partial charge in [0.25, 0.3) is 5.91 Å². The third-order valence-electron chi connectivity index (χ3n) is 3.36. The highest BCUT2D eigenvalue weighted by atomic mass is 32.1. The quantitative estimate of drug-likeness (QED) is 0.697. The van der Waals surface area contributed by atoms with Crippen molar-refractivity contribution < 1.29 is 4.79 Å². The van der Waals surface area contributed by atoms with Gasteiger partial charge in [-0.25, -0.2) is 4.98 Å². The maximum atomic E-state index is 12.0. The van der Waals surface area contributed by atoms with Crippen molar-refractivity contribution in [2.45, 2.75) is 52.4 Å². The zero-order valence-corrected chi connectivity index (χ0v) is 13.5. The molecule has 1 amide bonds. The largest absolute Gasteiger partial charge is 0.350 e. The fourth-order valence-electron chi connectivity index (χ4n) is 2.23. The molecule has 20 heavy (non-hydrogen) atoms. The summed E-state index contributed by atoms with van der Waals surface area (Å²) in [6.07, 6.45) is 6.73. The number of carbonyl (C=O) groups is 1. The van der Waals surface area contributed by atoms with Gasteiger partial charge in [0.2, 0.25) is 0 Å². The highest BCUT2D eigenvalue weighted by Crippen LogP contribution is 2.14. The molecule has 0 aromatic carbocycles. The second-order valence-electron chi connectivity index (χ2n) is 5.17. The molecule has 1 aromatic rings. The Morgan fingerprint density at radius 1 is 1.40 bits per heavy atom. The molecule has 0 aliphatic heterocycles. The summed E-state index contributed by atoms with van der Waals surface area (Å²) in [5, 5.41) is 5.78. The SMILES string of the molecule is CCCCC(CCC)CNC(=O)c1csc(CCN)n1. The number of nitrogens with one attached hydrogen (secondary N) is 1. The van der Waals surface area contributed by atoms with Crippen molar-refractivity contribution in [2.24, 2.45) is 11.7 Å². The van der Waals surface area contributed by atoms with Crippen LogP contribution in [0.15, 0.2) is 5.38 Å². The van der Waals surface area contributed by atoms with Gasteiger partial charge < -0.3 is 11.1 Å². The Morgan fingerprint density at radius 3 is 2.85 bits per heavy atom. The fraction of sp³-hybridized carbons (Fsp3) is 0.733. The number of hydrogen-bond donors (Lipinski definition) is 2. The van der Waals surface area contributed by atoms with E-state index in [-0.39, 0.29) is 5.91 Å². The van der Waals surface area contributed by atoms with Crippen LogP contribution in [0.3, 0.4) is 0 Å². The lowest BCUT2D eigenvalue weighted by molar-refractivity contribution is 0.0941. The second kappa shape index (κ2) is 9.88. The molecule has 1 unspecified atom stereocenters. The molecule has 1 rings (SSSR count). The third kappa shape index (κ3) is 6.01. The molecule has 0 saturated carbocycles. The summed E-state index contributed by atoms with van der Waals surface area (Å²) in [7, 11) is 0. The second-order valence-corrected chi connectivity index (χ2v) is 6.11. The molecule has 0 radical (unpaired) electrons. The summed E-state index contributed by atoms with van der Waals surface area (Å²) in [6, 6.07) is 0. The highest BCUT2D eigenvalue weighted by Gasteiger charge is 2.13. The van der Waals surface area contributed by atoms with Crippen LogP contribution in [-0.4, -0.2) is 24.0 Å². The smallest absolute Gasteiger partial charge is 0.270 e. The molecule has 4 nitrogen and oxygen atoms in total. The van der Waals surface area contributed by atoms with Crippen molar-refractivity contribution in [3.63, 3.8) is 0 Å². The molecule has 1 atom stereocenters. The summed E-state index contributed by atoms with van der Waals surface area (Å²) < 4.78 is 0. The van der Waals surface area contributed by atoms with E-state index in [1.54, 1.807) is 0 Å². The van der Waals surface area contributed by atoms with Crippen molar-refractivity contribution in [3.05, 3.63) is 16.1 Å². The Kier molecular flexibility index (Phi) is 8.46. The molecule has 114 valence electrons. The van der Waals surface area contributed by atoms with Crippen LogP contribution in [-0.2, 0) is 6.42 Å². The van der Waals surface area contributed by atoms with Crippen LogP contribution in [0.5, 0.6) is 0 Å². The average molecular weight is 297 g/mol. The van der Waals surface area contributed by atoms with E-state index in [0.717, 1.165) is 18.0 Å². The first-order chi connectivity index (χ1) is 9.71. The Labute approximate surface area is 126 Å². The number of thiazole rings is 1. The first-order valence-electron chi connectivity index (χ1n) is 7.63. The van der Waals surface area contributed by atoms with E-state index in [2.05, 4.69) is 24.1 Å². The summed E-state index contributed by atoms with van der Waals surface area (Å²) in [5.74, 6) is 0.535. The van der Waals surface area contributed by atoms with Crippen LogP contribution < -0.4 is 11.1 Å². The summed E-state index contributed by atoms with van der Waals surface area (Å²) in [5.41, 5.74) is 6.02. The first-order valence-corrected chi connectivity index (χ1v) is 8.51. The van der Waals surface area contributed by atoms with Crippen molar-refractivity contribution in [2.75, 3.05) is 13.1 Å². The van der Waals surface area contributed by atoms with Gasteiger partial charge in [-0.2, -0.15) is 0 Å². The highest BCUT2D eigenvalue weighted by molar-refractivity contribution is 7.09. The number of unbranched alkanes of at least 4 members (excludes halogenated alkanes) is 1. The lowest BCUT2D eigenvalue weighted by atomic mass is 9.97. The van der Waals surface area contributed by atoms with Crippen molar-refractivity contribution in [1.29, 1.82) is 0 Å². The summed E-state index contributed by atoms with van der Waals surface area (Å²) in [6.45, 7) is 5.73. The van der Waals surface area contributed by atoms with E-state index in [4.69, 9.17) is 5.73 Å². The zero-order chi connectivity index (χ0) is 14.8. The number of amides is 1. The van der Waals surface area contributed by atoms with E-state index in [9.17, 15) is 4.79 Å². The van der Waals surface area contributed by atoms with Crippen molar-refractivity contribution in [1.82, 2.24) is 10.3 Å². The van der Waals surface area contributed by atoms with Crippen molar-refractivity contribution >= 4 is 17.2 Å². The maximum absolute atomic E-state index is 12.0. The monoisotopic (exact) mass is 297 g/mol. The molecule has 1 aromatic heterocycles. The standard InChI is InChI=1S/C15H27N3OS/c1-3-5-7-12(6-4-2)10-17-15(19)13-11-20-14(18-13)8-9-16/h11-12H,3-10,16H2,1-2H3,(H,17,19). The number of hydrogen-bond acceptors (Lipinski definition) is 4. The van der Waals surface area contributed by atoms with E-state index >= 15 is 0 Å². The minimum atomic E-state index is -0.0536. The topological polar surface area (TPSA) is 68.0 Å². The van der Waals surface area contributed by atoms with Gasteiger partial charge in [0.05, 0.1) is 5.01 Å². The molecular formula is C15H27N3OS. The van der Waals surface area contributed by atoms with Gasteiger partial charge in [0.1, 0.15) is 5.69 Å². The molecule has 0 fully saturated rings. The van der Waals surface area contributed by atoms with Crippen LogP contribution in [0.4, 0.5) is 0 Å². The van der Waals surface area contributed by atoms with Crippen LogP contribution in [0.25, 0.3) is 0 Å². The number of carbonyl (C=O) groups excluding carboxylic acids is 1. The number of aromatic nitrogens is 1. The molecule has 5 heteroatoms. The Hall–Kier alpha value is -0.940. The van der Waals surface area contributed by atoms with E-state index in [0.29, 0.717) is 18.2 Å². The van der Waals surface area contributed by atoms with Crippen LogP contribution in [0.1, 0.15) is 61.4 Å². The van der Waals surface area contributed by atoms with Gasteiger partial charge in [0, 0.05) is 18.3 Å². The maximum Gasteiger partial charge on any atom is 0.270 e. The van der Waals surface area contributed by atoms with Gasteiger partial charge in [-0.15, -0.1) is 11.3 Å². The van der Waals surface area contributed by atoms with Gasteiger partial charge in [-0.05, 0) is 25.3 Å². The Balaban J connectivity index is 2.42. The normalized spacial score (nSPS) is 12.3. The van der Waals surface area contributed by atoms with Crippen molar-refractivity contribution in [3.8, 4) is 0 Å². The van der Waals surface area contributed by atoms with Gasteiger partial charge in [-0.1, -0.05) is 33.1 Å². The third-order valence-corrected chi connectivity index (χ3v) is 4.27. The predicted octanol–water partition coefficient (Wildman–Crippen LogP) is 2.98. The predicted molar refractivity (Wildman–Crippen MR) is 85.1 cm³/mol. The Morgan fingerprint density at radius 2 is 2.20 bits per heavy atom. The molecule has 0 saturated heterocycles. The molecule has 0 bridgehead atoms. The van der Waals surface area contributed by atoms with E-state index in [1.807, 2.05) is 5.38 Å². The number of rotatable bonds is 10. The fourth-order valence-corrected chi connectivity index (χ4v) is 3.02. The molecule has 1 heterocycles. The zero-order valence-electron chi connectivity index (χ0n) is 12.7. The minimum Gasteiger partial charge on any atom is -0.350 e. The molecule has 0 aliphatic rings. The first kappa shape index (κ1) is 17.1. The summed E-state index contributed by atoms with van der Waals surface area (Å²) >= 11 is 1.51. The van der Waals surface area contributed by atoms with E-state index in [1.165, 1.54) is 43.4 Å². The van der Waals surface area contributed by atoms with E-state index < -0.39 is 0 Å². The lowest BCUT2D eigenvalue weighted by Crippen LogP contribution is -2.29. The van der Waals surface area contributed by atoms with Crippen LogP contribution in [0.2, 0.25) is 0 Å². The molecule has 0 spiro atoms. The minimum absolute atomic E-state index is 0.0536. The Bertz CT molecular complexity index is 392. The number of nitrogens with two attached hydrogens (primary N) is 1. The van der Waals surface area contributed by atoms with Crippen LogP contribution >= 0.6 is 11.3 Å².